The molecule has 0 radical (unpaired) electrons. The Morgan fingerprint density at radius 1 is 1.25 bits per heavy atom. The predicted molar refractivity (Wildman–Crippen MR) is 35.8 cm³/mol. The summed E-state index contributed by atoms with van der Waals surface area (Å²) in [6, 6.07) is 0. The lowest BCUT2D eigenvalue weighted by Crippen LogP contribution is -1.91. The SMILES string of the molecule is C/C(O)=C(/C)C(C)C. The predicted octanol–water partition coefficient (Wildman–Crippen LogP) is 2.49. The van der Waals surface area contributed by atoms with Gasteiger partial charge in [0, 0.05) is 0 Å². The molecule has 0 aromatic carbocycles. The summed E-state index contributed by atoms with van der Waals surface area (Å²) in [5.41, 5.74) is 1.07. The summed E-state index contributed by atoms with van der Waals surface area (Å²) in [5, 5.41) is 8.87. The first-order chi connectivity index (χ1) is 3.55. The zero-order valence-corrected chi connectivity index (χ0v) is 6.02. The second-order valence-corrected chi connectivity index (χ2v) is 2.42. The first-order valence-electron chi connectivity index (χ1n) is 2.92. The molecule has 1 heteroatoms. The Labute approximate surface area is 51.0 Å². The third kappa shape index (κ3) is 2.01. The Morgan fingerprint density at radius 2 is 1.62 bits per heavy atom. The smallest absolute Gasteiger partial charge is 0.0883 e. The topological polar surface area (TPSA) is 20.2 Å². The van der Waals surface area contributed by atoms with Crippen LogP contribution in [0.2, 0.25) is 0 Å². The molecule has 0 aliphatic heterocycles. The van der Waals surface area contributed by atoms with Crippen molar-refractivity contribution in [3.05, 3.63) is 11.3 Å². The minimum Gasteiger partial charge on any atom is -0.513 e. The van der Waals surface area contributed by atoms with E-state index in [0.29, 0.717) is 11.7 Å². The quantitative estimate of drug-likeness (QED) is 0.519. The van der Waals surface area contributed by atoms with Crippen molar-refractivity contribution in [3.63, 3.8) is 0 Å². The van der Waals surface area contributed by atoms with Gasteiger partial charge in [0.25, 0.3) is 0 Å². The molecule has 0 aromatic rings. The van der Waals surface area contributed by atoms with E-state index in [2.05, 4.69) is 13.8 Å². The standard InChI is InChI=1S/C7H14O/c1-5(2)6(3)7(4)8/h5,8H,1-4H3/b7-6+. The van der Waals surface area contributed by atoms with Crippen LogP contribution in [0.3, 0.4) is 0 Å². The molecule has 1 N–H and O–H groups in total. The Kier molecular flexibility index (Phi) is 2.59. The molecule has 0 aromatic heterocycles. The summed E-state index contributed by atoms with van der Waals surface area (Å²) in [6.07, 6.45) is 0. The van der Waals surface area contributed by atoms with Crippen LogP contribution in [0.4, 0.5) is 0 Å². The zero-order valence-electron chi connectivity index (χ0n) is 6.02. The minimum atomic E-state index is 0.458. The fourth-order valence-electron chi connectivity index (χ4n) is 0.418. The molecule has 0 rings (SSSR count). The molecule has 0 atom stereocenters. The Balaban J connectivity index is 4.00. The van der Waals surface area contributed by atoms with Crippen LogP contribution in [0.1, 0.15) is 27.7 Å². The van der Waals surface area contributed by atoms with Gasteiger partial charge in [-0.25, -0.2) is 0 Å². The van der Waals surface area contributed by atoms with Crippen molar-refractivity contribution < 1.29 is 5.11 Å². The van der Waals surface area contributed by atoms with E-state index in [1.54, 1.807) is 6.92 Å². The highest BCUT2D eigenvalue weighted by molar-refractivity contribution is 5.03. The Morgan fingerprint density at radius 3 is 1.62 bits per heavy atom. The van der Waals surface area contributed by atoms with Gasteiger partial charge in [0.05, 0.1) is 5.76 Å². The molecule has 0 amide bonds. The average molecular weight is 114 g/mol. The van der Waals surface area contributed by atoms with Crippen LogP contribution in [0.5, 0.6) is 0 Å². The fourth-order valence-corrected chi connectivity index (χ4v) is 0.418. The van der Waals surface area contributed by atoms with Crippen molar-refractivity contribution >= 4 is 0 Å². The second-order valence-electron chi connectivity index (χ2n) is 2.42. The van der Waals surface area contributed by atoms with Crippen LogP contribution >= 0.6 is 0 Å². The van der Waals surface area contributed by atoms with Gasteiger partial charge in [-0.2, -0.15) is 0 Å². The molecule has 0 bridgehead atoms. The number of hydrogen-bond acceptors (Lipinski definition) is 1. The zero-order chi connectivity index (χ0) is 6.73. The van der Waals surface area contributed by atoms with Crippen molar-refractivity contribution in [2.45, 2.75) is 27.7 Å². The number of aliphatic hydroxyl groups is 1. The molecule has 0 saturated heterocycles. The van der Waals surface area contributed by atoms with Gasteiger partial charge < -0.3 is 5.11 Å². The molecule has 0 aliphatic rings. The molecule has 8 heavy (non-hydrogen) atoms. The summed E-state index contributed by atoms with van der Waals surface area (Å²) in [7, 11) is 0. The minimum absolute atomic E-state index is 0.458. The van der Waals surface area contributed by atoms with E-state index in [4.69, 9.17) is 5.11 Å². The molecule has 0 aliphatic carbocycles. The van der Waals surface area contributed by atoms with Gasteiger partial charge in [-0.1, -0.05) is 13.8 Å². The van der Waals surface area contributed by atoms with Crippen molar-refractivity contribution in [3.8, 4) is 0 Å². The molecule has 0 fully saturated rings. The van der Waals surface area contributed by atoms with Crippen LogP contribution in [-0.4, -0.2) is 5.11 Å². The highest BCUT2D eigenvalue weighted by atomic mass is 16.3. The maximum Gasteiger partial charge on any atom is 0.0883 e. The monoisotopic (exact) mass is 114 g/mol. The van der Waals surface area contributed by atoms with Crippen molar-refractivity contribution in [2.75, 3.05) is 0 Å². The van der Waals surface area contributed by atoms with Gasteiger partial charge in [-0.3, -0.25) is 0 Å². The van der Waals surface area contributed by atoms with E-state index in [-0.39, 0.29) is 0 Å². The maximum atomic E-state index is 8.87. The van der Waals surface area contributed by atoms with Crippen LogP contribution in [0, 0.1) is 5.92 Å². The summed E-state index contributed by atoms with van der Waals surface area (Å²) in [5.74, 6) is 0.931. The normalized spacial score (nSPS) is 14.1. The van der Waals surface area contributed by atoms with Crippen molar-refractivity contribution in [1.29, 1.82) is 0 Å². The van der Waals surface area contributed by atoms with E-state index in [1.807, 2.05) is 6.92 Å². The van der Waals surface area contributed by atoms with Crippen molar-refractivity contribution in [1.82, 2.24) is 0 Å². The summed E-state index contributed by atoms with van der Waals surface area (Å²) in [4.78, 5) is 0. The van der Waals surface area contributed by atoms with E-state index < -0.39 is 0 Å². The molecule has 1 nitrogen and oxygen atoms in total. The first kappa shape index (κ1) is 7.54. The summed E-state index contributed by atoms with van der Waals surface area (Å²) >= 11 is 0. The second kappa shape index (κ2) is 2.75. The van der Waals surface area contributed by atoms with E-state index >= 15 is 0 Å². The number of allylic oxidation sites excluding steroid dienone is 2. The molecular weight excluding hydrogens is 100 g/mol. The lowest BCUT2D eigenvalue weighted by Gasteiger charge is -2.04. The van der Waals surface area contributed by atoms with E-state index in [9.17, 15) is 0 Å². The van der Waals surface area contributed by atoms with Crippen LogP contribution < -0.4 is 0 Å². The Bertz CT molecular complexity index is 97.0. The highest BCUT2D eigenvalue weighted by Gasteiger charge is 1.97. The molecule has 0 heterocycles. The van der Waals surface area contributed by atoms with Crippen LogP contribution in [0.15, 0.2) is 11.3 Å². The van der Waals surface area contributed by atoms with Crippen LogP contribution in [-0.2, 0) is 0 Å². The third-order valence-corrected chi connectivity index (χ3v) is 1.44. The fraction of sp³-hybridized carbons (Fsp3) is 0.714. The van der Waals surface area contributed by atoms with E-state index in [0.717, 1.165) is 5.57 Å². The number of hydrogen-bond donors (Lipinski definition) is 1. The molecule has 0 unspecified atom stereocenters. The van der Waals surface area contributed by atoms with Gasteiger partial charge in [-0.05, 0) is 25.3 Å². The third-order valence-electron chi connectivity index (χ3n) is 1.44. The van der Waals surface area contributed by atoms with E-state index in [1.165, 1.54) is 0 Å². The summed E-state index contributed by atoms with van der Waals surface area (Å²) in [6.45, 7) is 7.79. The Hall–Kier alpha value is -0.460. The maximum absolute atomic E-state index is 8.87. The largest absolute Gasteiger partial charge is 0.513 e. The summed E-state index contributed by atoms with van der Waals surface area (Å²) < 4.78 is 0. The first-order valence-corrected chi connectivity index (χ1v) is 2.92. The van der Waals surface area contributed by atoms with Crippen molar-refractivity contribution in [2.24, 2.45) is 5.92 Å². The highest BCUT2D eigenvalue weighted by Crippen LogP contribution is 2.10. The lowest BCUT2D eigenvalue weighted by atomic mass is 10.1. The molecule has 0 saturated carbocycles. The van der Waals surface area contributed by atoms with Gasteiger partial charge in [0.1, 0.15) is 0 Å². The number of rotatable bonds is 1. The number of aliphatic hydroxyl groups excluding tert-OH is 1. The molecule has 48 valence electrons. The average Bonchev–Trinajstić information content (AvgIpc) is 1.64. The molecular formula is C7H14O. The molecule has 0 spiro atoms. The van der Waals surface area contributed by atoms with Gasteiger partial charge in [0.2, 0.25) is 0 Å². The van der Waals surface area contributed by atoms with Gasteiger partial charge >= 0.3 is 0 Å². The lowest BCUT2D eigenvalue weighted by molar-refractivity contribution is 0.399. The van der Waals surface area contributed by atoms with Crippen LogP contribution in [0.25, 0.3) is 0 Å². The van der Waals surface area contributed by atoms with Gasteiger partial charge in [-0.15, -0.1) is 0 Å². The van der Waals surface area contributed by atoms with Gasteiger partial charge in [0.15, 0.2) is 0 Å².